The lowest BCUT2D eigenvalue weighted by atomic mass is 9.97. The third-order valence-corrected chi connectivity index (χ3v) is 5.42. The van der Waals surface area contributed by atoms with Crippen LogP contribution >= 0.6 is 0 Å². The van der Waals surface area contributed by atoms with E-state index in [2.05, 4.69) is 20.4 Å². The van der Waals surface area contributed by atoms with E-state index in [0.29, 0.717) is 36.2 Å². The van der Waals surface area contributed by atoms with E-state index < -0.39 is 0 Å². The maximum atomic E-state index is 12.8. The maximum absolute atomic E-state index is 12.8. The molecule has 2 aromatic carbocycles. The Hall–Kier alpha value is -3.39. The third-order valence-electron chi connectivity index (χ3n) is 5.42. The van der Waals surface area contributed by atoms with Gasteiger partial charge in [-0.05, 0) is 55.8 Å². The second-order valence-corrected chi connectivity index (χ2v) is 7.50. The summed E-state index contributed by atoms with van der Waals surface area (Å²) < 4.78 is 16.0. The minimum absolute atomic E-state index is 0.00125. The number of para-hydroxylation sites is 2. The van der Waals surface area contributed by atoms with Gasteiger partial charge in [-0.25, -0.2) is 0 Å². The number of benzene rings is 2. The van der Waals surface area contributed by atoms with Gasteiger partial charge in [-0.15, -0.1) is 0 Å². The second kappa shape index (κ2) is 9.61. The molecule has 31 heavy (non-hydrogen) atoms. The molecule has 4 rings (SSSR count). The average molecular weight is 422 g/mol. The molecule has 0 saturated carbocycles. The van der Waals surface area contributed by atoms with Crippen molar-refractivity contribution in [3.05, 3.63) is 54.4 Å². The number of aromatic nitrogens is 2. The smallest absolute Gasteiger partial charge is 0.241 e. The third kappa shape index (κ3) is 5.03. The van der Waals surface area contributed by atoms with E-state index in [1.54, 1.807) is 14.2 Å². The number of anilines is 1. The van der Waals surface area contributed by atoms with E-state index >= 15 is 0 Å². The highest BCUT2D eigenvalue weighted by atomic mass is 16.5. The molecule has 1 unspecified atom stereocenters. The molecule has 1 N–H and O–H groups in total. The Morgan fingerprint density at radius 3 is 2.74 bits per heavy atom. The summed E-state index contributed by atoms with van der Waals surface area (Å²) in [7, 11) is 3.22. The number of nitrogens with one attached hydrogen (secondary N) is 1. The van der Waals surface area contributed by atoms with Gasteiger partial charge in [-0.1, -0.05) is 17.3 Å². The van der Waals surface area contributed by atoms with Crippen molar-refractivity contribution in [2.45, 2.75) is 19.4 Å². The van der Waals surface area contributed by atoms with Crippen molar-refractivity contribution in [3.63, 3.8) is 0 Å². The van der Waals surface area contributed by atoms with E-state index in [-0.39, 0.29) is 11.8 Å². The van der Waals surface area contributed by atoms with Crippen LogP contribution in [0, 0.1) is 5.92 Å². The van der Waals surface area contributed by atoms with Gasteiger partial charge >= 0.3 is 0 Å². The highest BCUT2D eigenvalue weighted by Gasteiger charge is 2.27. The van der Waals surface area contributed by atoms with E-state index in [1.807, 2.05) is 48.5 Å². The fraction of sp³-hybridized carbons (Fsp3) is 0.348. The number of carbonyl (C=O) groups excluding carboxylic acids is 1. The zero-order chi connectivity index (χ0) is 21.6. The summed E-state index contributed by atoms with van der Waals surface area (Å²) in [5, 5.41) is 7.09. The molecule has 1 amide bonds. The van der Waals surface area contributed by atoms with Crippen molar-refractivity contribution < 1.29 is 18.8 Å². The molecule has 0 aliphatic carbocycles. The number of carbonyl (C=O) groups is 1. The first-order valence-electron chi connectivity index (χ1n) is 10.3. The molecule has 1 atom stereocenters. The minimum Gasteiger partial charge on any atom is -0.497 e. The van der Waals surface area contributed by atoms with Crippen LogP contribution in [0.3, 0.4) is 0 Å². The van der Waals surface area contributed by atoms with E-state index in [4.69, 9.17) is 14.0 Å². The maximum Gasteiger partial charge on any atom is 0.241 e. The molecular formula is C23H26N4O4. The van der Waals surface area contributed by atoms with Crippen LogP contribution in [-0.2, 0) is 11.3 Å². The summed E-state index contributed by atoms with van der Waals surface area (Å²) in [6.45, 7) is 2.04. The van der Waals surface area contributed by atoms with Crippen molar-refractivity contribution >= 4 is 11.6 Å². The van der Waals surface area contributed by atoms with E-state index in [9.17, 15) is 4.79 Å². The van der Waals surface area contributed by atoms with Gasteiger partial charge in [0.25, 0.3) is 0 Å². The Balaban J connectivity index is 1.36. The number of ether oxygens (including phenoxy) is 2. The lowest BCUT2D eigenvalue weighted by molar-refractivity contribution is -0.121. The van der Waals surface area contributed by atoms with Crippen LogP contribution in [0.5, 0.6) is 11.5 Å². The Morgan fingerprint density at radius 1 is 1.16 bits per heavy atom. The van der Waals surface area contributed by atoms with Crippen LogP contribution < -0.4 is 14.8 Å². The fourth-order valence-electron chi connectivity index (χ4n) is 3.76. The standard InChI is InChI=1S/C23H26N4O4/c1-29-18-11-9-16(10-12-18)22-25-21(31-26-22)15-27-13-5-6-17(14-27)23(28)24-19-7-3-4-8-20(19)30-2/h3-4,7-12,17H,5-6,13-15H2,1-2H3,(H,24,28). The van der Waals surface area contributed by atoms with Crippen LogP contribution in [0.4, 0.5) is 5.69 Å². The van der Waals surface area contributed by atoms with Gasteiger partial charge in [-0.2, -0.15) is 4.98 Å². The first-order chi connectivity index (χ1) is 15.2. The molecule has 162 valence electrons. The number of likely N-dealkylation sites (tertiary alicyclic amines) is 1. The Morgan fingerprint density at radius 2 is 1.97 bits per heavy atom. The Kier molecular flexibility index (Phi) is 6.47. The molecule has 1 aliphatic rings. The van der Waals surface area contributed by atoms with Crippen molar-refractivity contribution in [1.29, 1.82) is 0 Å². The highest BCUT2D eigenvalue weighted by molar-refractivity contribution is 5.94. The van der Waals surface area contributed by atoms with Crippen LogP contribution in [-0.4, -0.2) is 48.3 Å². The average Bonchev–Trinajstić information content (AvgIpc) is 3.28. The highest BCUT2D eigenvalue weighted by Crippen LogP contribution is 2.26. The predicted molar refractivity (Wildman–Crippen MR) is 116 cm³/mol. The monoisotopic (exact) mass is 422 g/mol. The first-order valence-corrected chi connectivity index (χ1v) is 10.3. The zero-order valence-corrected chi connectivity index (χ0v) is 17.7. The number of rotatable bonds is 7. The van der Waals surface area contributed by atoms with Crippen molar-refractivity contribution in [1.82, 2.24) is 15.0 Å². The molecule has 1 aromatic heterocycles. The molecule has 2 heterocycles. The summed E-state index contributed by atoms with van der Waals surface area (Å²) >= 11 is 0. The van der Waals surface area contributed by atoms with Gasteiger partial charge in [-0.3, -0.25) is 9.69 Å². The van der Waals surface area contributed by atoms with Crippen molar-refractivity contribution in [2.24, 2.45) is 5.92 Å². The van der Waals surface area contributed by atoms with Crippen LogP contribution in [0.1, 0.15) is 18.7 Å². The summed E-state index contributed by atoms with van der Waals surface area (Å²) in [5.41, 5.74) is 1.55. The molecule has 8 nitrogen and oxygen atoms in total. The fourth-order valence-corrected chi connectivity index (χ4v) is 3.76. The molecule has 0 spiro atoms. The molecule has 1 aliphatic heterocycles. The van der Waals surface area contributed by atoms with Crippen LogP contribution in [0.15, 0.2) is 53.1 Å². The van der Waals surface area contributed by atoms with Gasteiger partial charge < -0.3 is 19.3 Å². The lowest BCUT2D eigenvalue weighted by Crippen LogP contribution is -2.40. The molecule has 8 heteroatoms. The van der Waals surface area contributed by atoms with Gasteiger partial charge in [0.2, 0.25) is 17.6 Å². The molecular weight excluding hydrogens is 396 g/mol. The summed E-state index contributed by atoms with van der Waals surface area (Å²) in [6.07, 6.45) is 1.78. The van der Waals surface area contributed by atoms with Gasteiger partial charge in [0, 0.05) is 12.1 Å². The topological polar surface area (TPSA) is 89.7 Å². The molecule has 0 radical (unpaired) electrons. The Bertz CT molecular complexity index is 1020. The zero-order valence-electron chi connectivity index (χ0n) is 17.7. The number of hydrogen-bond donors (Lipinski definition) is 1. The van der Waals surface area contributed by atoms with Gasteiger partial charge in [0.05, 0.1) is 32.4 Å². The molecule has 1 saturated heterocycles. The lowest BCUT2D eigenvalue weighted by Gasteiger charge is -2.31. The van der Waals surface area contributed by atoms with Crippen LogP contribution in [0.2, 0.25) is 0 Å². The SMILES string of the molecule is COc1ccc(-c2noc(CN3CCCC(C(=O)Nc4ccccc4OC)C3)n2)cc1. The summed E-state index contributed by atoms with van der Waals surface area (Å²) in [6, 6.07) is 14.9. The number of methoxy groups -OCH3 is 2. The van der Waals surface area contributed by atoms with Gasteiger partial charge in [0.15, 0.2) is 0 Å². The predicted octanol–water partition coefficient (Wildman–Crippen LogP) is 3.60. The molecule has 1 fully saturated rings. The number of hydrogen-bond acceptors (Lipinski definition) is 7. The summed E-state index contributed by atoms with van der Waals surface area (Å²) in [5.74, 6) is 2.40. The molecule has 3 aromatic rings. The summed E-state index contributed by atoms with van der Waals surface area (Å²) in [4.78, 5) is 19.5. The first kappa shape index (κ1) is 20.9. The minimum atomic E-state index is -0.109. The van der Waals surface area contributed by atoms with Gasteiger partial charge in [0.1, 0.15) is 11.5 Å². The van der Waals surface area contributed by atoms with Crippen molar-refractivity contribution in [3.8, 4) is 22.9 Å². The number of nitrogens with zero attached hydrogens (tertiary/aromatic N) is 3. The van der Waals surface area contributed by atoms with E-state index in [1.165, 1.54) is 0 Å². The normalized spacial score (nSPS) is 16.6. The largest absolute Gasteiger partial charge is 0.497 e. The van der Waals surface area contributed by atoms with Crippen molar-refractivity contribution in [2.75, 3.05) is 32.6 Å². The number of amides is 1. The molecule has 0 bridgehead atoms. The number of piperidine rings is 1. The quantitative estimate of drug-likeness (QED) is 0.622. The van der Waals surface area contributed by atoms with E-state index in [0.717, 1.165) is 30.7 Å². The van der Waals surface area contributed by atoms with Crippen LogP contribution in [0.25, 0.3) is 11.4 Å². The second-order valence-electron chi connectivity index (χ2n) is 7.50. The Labute approximate surface area is 181 Å².